The molecule has 0 radical (unpaired) electrons. The zero-order valence-corrected chi connectivity index (χ0v) is 10.6. The van der Waals surface area contributed by atoms with Crippen molar-refractivity contribution < 1.29 is 9.84 Å². The van der Waals surface area contributed by atoms with Crippen LogP contribution in [0.1, 0.15) is 51.9 Å². The number of ether oxygens (including phenoxy) is 1. The van der Waals surface area contributed by atoms with Crippen molar-refractivity contribution in [1.29, 1.82) is 0 Å². The molecule has 0 aromatic carbocycles. The number of hydrogen-bond donors (Lipinski definition) is 2. The number of hydrogen-bond acceptors (Lipinski definition) is 3. The van der Waals surface area contributed by atoms with E-state index in [-0.39, 0.29) is 6.10 Å². The number of nitrogens with one attached hydrogen (secondary N) is 1. The molecule has 0 bridgehead atoms. The molecule has 0 aliphatic heterocycles. The second-order valence-corrected chi connectivity index (χ2v) is 4.92. The van der Waals surface area contributed by atoms with Crippen LogP contribution in [0.2, 0.25) is 0 Å². The van der Waals surface area contributed by atoms with E-state index < -0.39 is 0 Å². The Hall–Kier alpha value is -0.120. The summed E-state index contributed by atoms with van der Waals surface area (Å²) in [5.41, 5.74) is 0. The normalized spacial score (nSPS) is 19.9. The van der Waals surface area contributed by atoms with Crippen molar-refractivity contribution in [2.75, 3.05) is 19.8 Å². The van der Waals surface area contributed by atoms with Gasteiger partial charge in [0, 0.05) is 12.6 Å². The topological polar surface area (TPSA) is 41.5 Å². The van der Waals surface area contributed by atoms with Crippen LogP contribution in [-0.2, 0) is 4.74 Å². The summed E-state index contributed by atoms with van der Waals surface area (Å²) in [7, 11) is 0. The molecule has 3 heteroatoms. The van der Waals surface area contributed by atoms with Crippen molar-refractivity contribution in [1.82, 2.24) is 5.32 Å². The third-order valence-electron chi connectivity index (χ3n) is 3.11. The van der Waals surface area contributed by atoms with Gasteiger partial charge >= 0.3 is 0 Å². The molecule has 1 unspecified atom stereocenters. The fraction of sp³-hybridized carbons (Fsp3) is 1.00. The Bertz CT molecular complexity index is 156. The maximum Gasteiger partial charge on any atom is 0.0745 e. The smallest absolute Gasteiger partial charge is 0.0745 e. The average Bonchev–Trinajstić information content (AvgIpc) is 2.29. The molecule has 1 fully saturated rings. The molecule has 0 aromatic rings. The van der Waals surface area contributed by atoms with Crippen molar-refractivity contribution in [3.63, 3.8) is 0 Å². The van der Waals surface area contributed by atoms with Gasteiger partial charge in [-0.25, -0.2) is 0 Å². The Labute approximate surface area is 99.6 Å². The number of aliphatic hydroxyl groups is 1. The van der Waals surface area contributed by atoms with Crippen LogP contribution in [0.3, 0.4) is 0 Å². The van der Waals surface area contributed by atoms with Crippen LogP contribution in [0, 0.1) is 0 Å². The van der Waals surface area contributed by atoms with Gasteiger partial charge in [-0.1, -0.05) is 19.3 Å². The highest BCUT2D eigenvalue weighted by Gasteiger charge is 2.11. The predicted molar refractivity (Wildman–Crippen MR) is 66.6 cm³/mol. The summed E-state index contributed by atoms with van der Waals surface area (Å²) in [6, 6.07) is 0.770. The molecule has 1 saturated carbocycles. The van der Waals surface area contributed by atoms with Gasteiger partial charge in [-0.2, -0.15) is 0 Å². The Balaban J connectivity index is 1.80. The van der Waals surface area contributed by atoms with Crippen LogP contribution in [0.15, 0.2) is 0 Å². The van der Waals surface area contributed by atoms with Crippen LogP contribution in [-0.4, -0.2) is 37.0 Å². The van der Waals surface area contributed by atoms with Gasteiger partial charge in [0.25, 0.3) is 0 Å². The van der Waals surface area contributed by atoms with E-state index in [9.17, 15) is 0 Å². The first kappa shape index (κ1) is 13.9. The Morgan fingerprint density at radius 1 is 1.25 bits per heavy atom. The first-order valence-electron chi connectivity index (χ1n) is 6.78. The molecule has 1 rings (SSSR count). The lowest BCUT2D eigenvalue weighted by atomic mass is 9.95. The lowest BCUT2D eigenvalue weighted by Crippen LogP contribution is -2.31. The minimum Gasteiger partial charge on any atom is -0.391 e. The minimum atomic E-state index is -0.333. The molecule has 0 amide bonds. The highest BCUT2D eigenvalue weighted by atomic mass is 16.5. The summed E-state index contributed by atoms with van der Waals surface area (Å²) >= 11 is 0. The fourth-order valence-corrected chi connectivity index (χ4v) is 2.20. The van der Waals surface area contributed by atoms with Crippen molar-refractivity contribution in [2.24, 2.45) is 0 Å². The van der Waals surface area contributed by atoms with E-state index in [0.717, 1.165) is 25.6 Å². The van der Waals surface area contributed by atoms with Gasteiger partial charge in [-0.15, -0.1) is 0 Å². The molecular formula is C13H27NO2. The summed E-state index contributed by atoms with van der Waals surface area (Å²) in [5, 5.41) is 12.6. The summed E-state index contributed by atoms with van der Waals surface area (Å²) in [5.74, 6) is 0. The molecule has 1 aliphatic carbocycles. The molecule has 96 valence electrons. The summed E-state index contributed by atoms with van der Waals surface area (Å²) < 4.78 is 5.31. The van der Waals surface area contributed by atoms with Gasteiger partial charge in [-0.3, -0.25) is 0 Å². The van der Waals surface area contributed by atoms with Crippen LogP contribution >= 0.6 is 0 Å². The molecule has 1 aliphatic rings. The molecular weight excluding hydrogens is 202 g/mol. The van der Waals surface area contributed by atoms with Crippen LogP contribution in [0.25, 0.3) is 0 Å². The highest BCUT2D eigenvalue weighted by Crippen LogP contribution is 2.17. The lowest BCUT2D eigenvalue weighted by molar-refractivity contribution is 0.0446. The first-order valence-corrected chi connectivity index (χ1v) is 6.78. The summed E-state index contributed by atoms with van der Waals surface area (Å²) in [6.45, 7) is 4.11. The van der Waals surface area contributed by atoms with Crippen LogP contribution in [0.4, 0.5) is 0 Å². The fourth-order valence-electron chi connectivity index (χ4n) is 2.20. The molecule has 16 heavy (non-hydrogen) atoms. The third kappa shape index (κ3) is 7.20. The number of rotatable bonds is 8. The minimum absolute atomic E-state index is 0.333. The zero-order valence-electron chi connectivity index (χ0n) is 10.6. The molecule has 1 atom stereocenters. The van der Waals surface area contributed by atoms with E-state index in [4.69, 9.17) is 9.84 Å². The standard InChI is InChI=1S/C13H27NO2/c1-12(15)11-16-10-6-5-9-14-13-7-3-2-4-8-13/h12-15H,2-11H2,1H3. The number of unbranched alkanes of at least 4 members (excludes halogenated alkanes) is 1. The van der Waals surface area contributed by atoms with Gasteiger partial charge in [0.2, 0.25) is 0 Å². The van der Waals surface area contributed by atoms with Crippen LogP contribution in [0.5, 0.6) is 0 Å². The molecule has 0 spiro atoms. The van der Waals surface area contributed by atoms with Crippen molar-refractivity contribution >= 4 is 0 Å². The van der Waals surface area contributed by atoms with Crippen molar-refractivity contribution in [3.8, 4) is 0 Å². The first-order chi connectivity index (χ1) is 7.79. The van der Waals surface area contributed by atoms with E-state index >= 15 is 0 Å². The highest BCUT2D eigenvalue weighted by molar-refractivity contribution is 4.71. The quantitative estimate of drug-likeness (QED) is 0.626. The lowest BCUT2D eigenvalue weighted by Gasteiger charge is -2.22. The maximum absolute atomic E-state index is 8.99. The van der Waals surface area contributed by atoms with E-state index in [0.29, 0.717) is 6.61 Å². The second kappa shape index (κ2) is 8.97. The predicted octanol–water partition coefficient (Wildman–Crippen LogP) is 2.09. The Morgan fingerprint density at radius 2 is 2.00 bits per heavy atom. The van der Waals surface area contributed by atoms with Crippen molar-refractivity contribution in [3.05, 3.63) is 0 Å². The van der Waals surface area contributed by atoms with Gasteiger partial charge in [0.1, 0.15) is 0 Å². The molecule has 0 heterocycles. The van der Waals surface area contributed by atoms with E-state index in [2.05, 4.69) is 5.32 Å². The summed E-state index contributed by atoms with van der Waals surface area (Å²) in [6.07, 6.45) is 8.87. The summed E-state index contributed by atoms with van der Waals surface area (Å²) in [4.78, 5) is 0. The van der Waals surface area contributed by atoms with E-state index in [1.165, 1.54) is 38.5 Å². The van der Waals surface area contributed by atoms with Gasteiger partial charge in [-0.05, 0) is 39.2 Å². The van der Waals surface area contributed by atoms with Gasteiger partial charge < -0.3 is 15.2 Å². The molecule has 2 N–H and O–H groups in total. The van der Waals surface area contributed by atoms with Crippen molar-refractivity contribution in [2.45, 2.75) is 64.0 Å². The number of aliphatic hydroxyl groups excluding tert-OH is 1. The van der Waals surface area contributed by atoms with Gasteiger partial charge in [0.05, 0.1) is 12.7 Å². The largest absolute Gasteiger partial charge is 0.391 e. The monoisotopic (exact) mass is 229 g/mol. The van der Waals surface area contributed by atoms with E-state index in [1.807, 2.05) is 0 Å². The van der Waals surface area contributed by atoms with E-state index in [1.54, 1.807) is 6.92 Å². The van der Waals surface area contributed by atoms with Crippen LogP contribution < -0.4 is 5.32 Å². The molecule has 0 aromatic heterocycles. The molecule has 3 nitrogen and oxygen atoms in total. The Kier molecular flexibility index (Phi) is 7.81. The molecule has 0 saturated heterocycles. The Morgan fingerprint density at radius 3 is 2.69 bits per heavy atom. The van der Waals surface area contributed by atoms with Gasteiger partial charge in [0.15, 0.2) is 0 Å². The average molecular weight is 229 g/mol. The maximum atomic E-state index is 8.99. The SMILES string of the molecule is CC(O)COCCCCNC1CCCCC1. The third-order valence-corrected chi connectivity index (χ3v) is 3.11. The second-order valence-electron chi connectivity index (χ2n) is 4.92. The zero-order chi connectivity index (χ0) is 11.6.